The lowest BCUT2D eigenvalue weighted by atomic mass is 10.1. The first-order chi connectivity index (χ1) is 14.8. The number of aromatic nitrogens is 4. The van der Waals surface area contributed by atoms with Crippen LogP contribution in [0.2, 0.25) is 0 Å². The fourth-order valence-corrected chi connectivity index (χ4v) is 4.60. The molecular weight excluding hydrogens is 431 g/mol. The summed E-state index contributed by atoms with van der Waals surface area (Å²) in [6.07, 6.45) is -1.02. The van der Waals surface area contributed by atoms with Crippen molar-refractivity contribution in [2.24, 2.45) is 7.05 Å². The number of pyridine rings is 2. The van der Waals surface area contributed by atoms with Crippen molar-refractivity contribution < 1.29 is 22.7 Å². The number of alkyl halides is 3. The fraction of sp³-hybridized carbons (Fsp3) is 0.300. The van der Waals surface area contributed by atoms with Crippen LogP contribution in [0.25, 0.3) is 32.5 Å². The molecule has 0 N–H and O–H groups in total. The van der Waals surface area contributed by atoms with Crippen LogP contribution in [0.1, 0.15) is 9.67 Å². The van der Waals surface area contributed by atoms with Crippen molar-refractivity contribution >= 4 is 38.5 Å². The van der Waals surface area contributed by atoms with E-state index in [1.54, 1.807) is 29.1 Å². The van der Waals surface area contributed by atoms with E-state index in [2.05, 4.69) is 15.1 Å². The monoisotopic (exact) mass is 447 g/mol. The molecule has 0 radical (unpaired) electrons. The van der Waals surface area contributed by atoms with Crippen LogP contribution >= 0.6 is 11.3 Å². The number of rotatable bonds is 2. The Labute approximate surface area is 178 Å². The zero-order valence-corrected chi connectivity index (χ0v) is 17.1. The molecule has 5 rings (SSSR count). The lowest BCUT2D eigenvalue weighted by Gasteiger charge is -2.36. The highest BCUT2D eigenvalue weighted by Gasteiger charge is 2.47. The van der Waals surface area contributed by atoms with Gasteiger partial charge in [0, 0.05) is 42.3 Å². The summed E-state index contributed by atoms with van der Waals surface area (Å²) in [6, 6.07) is 5.17. The zero-order chi connectivity index (χ0) is 21.8. The standard InChI is InChI=1S/C20H16F3N5O2S/c1-27-9-13-6-12(8-24-17(13)26-27)14-3-2-11-7-15(31-18(11)25-14)19(29)28-4-5-30-10-16(28)20(21,22)23/h2-3,6-9,16H,4-5,10H2,1H3. The van der Waals surface area contributed by atoms with Crippen LogP contribution in [0.3, 0.4) is 0 Å². The van der Waals surface area contributed by atoms with E-state index >= 15 is 0 Å². The summed E-state index contributed by atoms with van der Waals surface area (Å²) in [5.74, 6) is -0.659. The van der Waals surface area contributed by atoms with Gasteiger partial charge < -0.3 is 9.64 Å². The number of ether oxygens (including phenoxy) is 1. The van der Waals surface area contributed by atoms with Crippen LogP contribution in [-0.2, 0) is 11.8 Å². The van der Waals surface area contributed by atoms with Gasteiger partial charge in [0.15, 0.2) is 11.7 Å². The van der Waals surface area contributed by atoms with Crippen molar-refractivity contribution in [1.82, 2.24) is 24.6 Å². The van der Waals surface area contributed by atoms with E-state index in [9.17, 15) is 18.0 Å². The number of halogens is 3. The Morgan fingerprint density at radius 3 is 2.90 bits per heavy atom. The van der Waals surface area contributed by atoms with Gasteiger partial charge in [-0.05, 0) is 24.3 Å². The van der Waals surface area contributed by atoms with Crippen LogP contribution in [0.5, 0.6) is 0 Å². The zero-order valence-electron chi connectivity index (χ0n) is 16.3. The number of morpholine rings is 1. The highest BCUT2D eigenvalue weighted by Crippen LogP contribution is 2.32. The number of hydrogen-bond donors (Lipinski definition) is 0. The summed E-state index contributed by atoms with van der Waals surface area (Å²) in [6.45, 7) is -0.575. The molecule has 0 bridgehead atoms. The van der Waals surface area contributed by atoms with Crippen molar-refractivity contribution in [3.63, 3.8) is 0 Å². The predicted molar refractivity (Wildman–Crippen MR) is 109 cm³/mol. The fourth-order valence-electron chi connectivity index (χ4n) is 3.62. The molecule has 11 heteroatoms. The molecule has 1 aliphatic heterocycles. The largest absolute Gasteiger partial charge is 0.411 e. The Balaban J connectivity index is 1.48. The van der Waals surface area contributed by atoms with Gasteiger partial charge in [0.25, 0.3) is 5.91 Å². The average molecular weight is 447 g/mol. The molecule has 1 fully saturated rings. The number of fused-ring (bicyclic) bond motifs is 2. The van der Waals surface area contributed by atoms with E-state index in [4.69, 9.17) is 4.74 Å². The van der Waals surface area contributed by atoms with Crippen LogP contribution in [0, 0.1) is 0 Å². The van der Waals surface area contributed by atoms with Gasteiger partial charge in [-0.1, -0.05) is 0 Å². The van der Waals surface area contributed by atoms with E-state index < -0.39 is 24.7 Å². The first kappa shape index (κ1) is 19.9. The number of carbonyl (C=O) groups is 1. The first-order valence-electron chi connectivity index (χ1n) is 9.45. The second-order valence-electron chi connectivity index (χ2n) is 7.27. The SMILES string of the molecule is Cn1cc2cc(-c3ccc4cc(C(=O)N5CCOCC5C(F)(F)F)sc4n3)cnc2n1. The van der Waals surface area contributed by atoms with Gasteiger partial charge in [0.05, 0.1) is 23.8 Å². The van der Waals surface area contributed by atoms with Gasteiger partial charge >= 0.3 is 6.18 Å². The molecule has 1 saturated heterocycles. The molecule has 31 heavy (non-hydrogen) atoms. The summed E-state index contributed by atoms with van der Waals surface area (Å²) in [4.78, 5) is 23.4. The van der Waals surface area contributed by atoms with Crippen molar-refractivity contribution in [2.75, 3.05) is 19.8 Å². The average Bonchev–Trinajstić information content (AvgIpc) is 3.33. The van der Waals surface area contributed by atoms with E-state index in [-0.39, 0.29) is 18.0 Å². The summed E-state index contributed by atoms with van der Waals surface area (Å²) < 4.78 is 46.6. The highest BCUT2D eigenvalue weighted by molar-refractivity contribution is 7.20. The summed E-state index contributed by atoms with van der Waals surface area (Å²) in [7, 11) is 1.81. The van der Waals surface area contributed by atoms with E-state index in [1.165, 1.54) is 0 Å². The number of amides is 1. The molecule has 1 aliphatic rings. The van der Waals surface area contributed by atoms with Gasteiger partial charge in [-0.15, -0.1) is 11.3 Å². The summed E-state index contributed by atoms with van der Waals surface area (Å²) in [5.41, 5.74) is 2.07. The third-order valence-electron chi connectivity index (χ3n) is 5.13. The number of thiophene rings is 1. The molecule has 5 heterocycles. The molecule has 160 valence electrons. The number of carbonyl (C=O) groups excluding carboxylic acids is 1. The molecule has 7 nitrogen and oxygen atoms in total. The molecule has 4 aromatic rings. The minimum atomic E-state index is -4.55. The molecular formula is C20H16F3N5O2S. The molecule has 1 atom stereocenters. The second-order valence-corrected chi connectivity index (χ2v) is 8.30. The molecule has 4 aromatic heterocycles. The molecule has 0 saturated carbocycles. The Kier molecular flexibility index (Phi) is 4.67. The maximum Gasteiger partial charge on any atom is 0.411 e. The number of hydrogen-bond acceptors (Lipinski definition) is 6. The third-order valence-corrected chi connectivity index (χ3v) is 6.16. The second kappa shape index (κ2) is 7.27. The number of nitrogens with zero attached hydrogens (tertiary/aromatic N) is 5. The van der Waals surface area contributed by atoms with E-state index in [1.807, 2.05) is 19.3 Å². The Bertz CT molecular complexity index is 1300. The Morgan fingerprint density at radius 2 is 2.10 bits per heavy atom. The smallest absolute Gasteiger partial charge is 0.377 e. The van der Waals surface area contributed by atoms with Crippen molar-refractivity contribution in [1.29, 1.82) is 0 Å². The minimum absolute atomic E-state index is 0.0788. The van der Waals surface area contributed by atoms with Crippen LogP contribution in [-0.4, -0.2) is 62.5 Å². The van der Waals surface area contributed by atoms with Crippen LogP contribution < -0.4 is 0 Å². The lowest BCUT2D eigenvalue weighted by Crippen LogP contribution is -2.55. The van der Waals surface area contributed by atoms with Gasteiger partial charge in [-0.25, -0.2) is 9.97 Å². The summed E-state index contributed by atoms with van der Waals surface area (Å²) in [5, 5.41) is 5.81. The third kappa shape index (κ3) is 3.63. The molecule has 0 aromatic carbocycles. The van der Waals surface area contributed by atoms with E-state index in [0.29, 0.717) is 21.6 Å². The van der Waals surface area contributed by atoms with Crippen LogP contribution in [0.4, 0.5) is 13.2 Å². The maximum absolute atomic E-state index is 13.3. The predicted octanol–water partition coefficient (Wildman–Crippen LogP) is 3.65. The molecule has 1 amide bonds. The first-order valence-corrected chi connectivity index (χ1v) is 10.3. The quantitative estimate of drug-likeness (QED) is 0.469. The van der Waals surface area contributed by atoms with Gasteiger partial charge in [-0.3, -0.25) is 9.48 Å². The molecule has 1 unspecified atom stereocenters. The minimum Gasteiger partial charge on any atom is -0.377 e. The molecule has 0 aliphatic carbocycles. The van der Waals surface area contributed by atoms with Crippen molar-refractivity contribution in [2.45, 2.75) is 12.2 Å². The number of aryl methyl sites for hydroxylation is 1. The molecule has 0 spiro atoms. The van der Waals surface area contributed by atoms with E-state index in [0.717, 1.165) is 27.2 Å². The van der Waals surface area contributed by atoms with Crippen LogP contribution in [0.15, 0.2) is 36.7 Å². The Morgan fingerprint density at radius 1 is 1.26 bits per heavy atom. The lowest BCUT2D eigenvalue weighted by molar-refractivity contribution is -0.202. The summed E-state index contributed by atoms with van der Waals surface area (Å²) >= 11 is 1.08. The topological polar surface area (TPSA) is 73.1 Å². The Hall–Kier alpha value is -3.05. The highest BCUT2D eigenvalue weighted by atomic mass is 32.1. The maximum atomic E-state index is 13.3. The van der Waals surface area contributed by atoms with Crippen molar-refractivity contribution in [3.05, 3.63) is 41.5 Å². The normalized spacial score (nSPS) is 17.5. The van der Waals surface area contributed by atoms with Gasteiger partial charge in [-0.2, -0.15) is 18.3 Å². The van der Waals surface area contributed by atoms with Crippen molar-refractivity contribution in [3.8, 4) is 11.3 Å². The van der Waals surface area contributed by atoms with Gasteiger partial charge in [0.1, 0.15) is 4.83 Å². The van der Waals surface area contributed by atoms with Gasteiger partial charge in [0.2, 0.25) is 0 Å².